The first-order chi connectivity index (χ1) is 8.25. The molecular formula is C13H15N3S. The van der Waals surface area contributed by atoms with Gasteiger partial charge in [0, 0.05) is 30.4 Å². The van der Waals surface area contributed by atoms with E-state index in [2.05, 4.69) is 22.9 Å². The number of rotatable bonds is 2. The number of fused-ring (bicyclic) bond motifs is 1. The predicted molar refractivity (Wildman–Crippen MR) is 70.6 cm³/mol. The first-order valence-corrected chi connectivity index (χ1v) is 6.63. The molecule has 0 saturated heterocycles. The summed E-state index contributed by atoms with van der Waals surface area (Å²) in [5.74, 6) is 0. The van der Waals surface area contributed by atoms with Crippen molar-refractivity contribution in [3.05, 3.63) is 45.9 Å². The molecule has 4 heteroatoms. The van der Waals surface area contributed by atoms with Crippen molar-refractivity contribution < 1.29 is 0 Å². The molecule has 0 saturated carbocycles. The SMILES string of the molecule is CC(c1nccs1)N1Cc2cccc(N)c2C1. The Labute approximate surface area is 105 Å². The molecule has 1 aliphatic rings. The van der Waals surface area contributed by atoms with Crippen molar-refractivity contribution in [1.82, 2.24) is 9.88 Å². The number of anilines is 1. The van der Waals surface area contributed by atoms with E-state index in [0.717, 1.165) is 18.8 Å². The largest absolute Gasteiger partial charge is 0.398 e. The van der Waals surface area contributed by atoms with Crippen molar-refractivity contribution in [2.45, 2.75) is 26.1 Å². The summed E-state index contributed by atoms with van der Waals surface area (Å²) in [6.45, 7) is 4.12. The topological polar surface area (TPSA) is 42.2 Å². The van der Waals surface area contributed by atoms with Gasteiger partial charge >= 0.3 is 0 Å². The molecule has 17 heavy (non-hydrogen) atoms. The van der Waals surface area contributed by atoms with Crippen LogP contribution >= 0.6 is 11.3 Å². The van der Waals surface area contributed by atoms with Crippen LogP contribution in [0.2, 0.25) is 0 Å². The Hall–Kier alpha value is -1.39. The minimum Gasteiger partial charge on any atom is -0.398 e. The van der Waals surface area contributed by atoms with E-state index in [1.54, 1.807) is 11.3 Å². The third-order valence-electron chi connectivity index (χ3n) is 3.40. The molecule has 1 aromatic carbocycles. The van der Waals surface area contributed by atoms with Gasteiger partial charge in [-0.15, -0.1) is 11.3 Å². The maximum absolute atomic E-state index is 6.01. The summed E-state index contributed by atoms with van der Waals surface area (Å²) in [7, 11) is 0. The van der Waals surface area contributed by atoms with Crippen LogP contribution in [0.3, 0.4) is 0 Å². The van der Waals surface area contributed by atoms with Gasteiger partial charge in [-0.25, -0.2) is 4.98 Å². The first kappa shape index (κ1) is 10.7. The normalized spacial score (nSPS) is 17.0. The van der Waals surface area contributed by atoms with Crippen LogP contribution in [0.25, 0.3) is 0 Å². The highest BCUT2D eigenvalue weighted by molar-refractivity contribution is 7.09. The van der Waals surface area contributed by atoms with Gasteiger partial charge < -0.3 is 5.73 Å². The van der Waals surface area contributed by atoms with E-state index in [1.807, 2.05) is 23.7 Å². The molecule has 3 rings (SSSR count). The average molecular weight is 245 g/mol. The summed E-state index contributed by atoms with van der Waals surface area (Å²) in [6.07, 6.45) is 1.87. The van der Waals surface area contributed by atoms with Gasteiger partial charge in [0.1, 0.15) is 5.01 Å². The van der Waals surface area contributed by atoms with E-state index in [0.29, 0.717) is 6.04 Å². The Kier molecular flexibility index (Phi) is 2.61. The van der Waals surface area contributed by atoms with Crippen LogP contribution in [0, 0.1) is 0 Å². The van der Waals surface area contributed by atoms with Crippen LogP contribution in [-0.4, -0.2) is 9.88 Å². The minimum atomic E-state index is 0.363. The molecule has 2 aromatic rings. The molecule has 0 fully saturated rings. The molecule has 0 aliphatic carbocycles. The molecule has 2 heterocycles. The second-order valence-corrected chi connectivity index (χ2v) is 5.36. The molecule has 0 amide bonds. The second-order valence-electron chi connectivity index (χ2n) is 4.44. The lowest BCUT2D eigenvalue weighted by Gasteiger charge is -2.21. The Morgan fingerprint density at radius 3 is 3.00 bits per heavy atom. The lowest BCUT2D eigenvalue weighted by molar-refractivity contribution is 0.215. The molecule has 2 N–H and O–H groups in total. The molecule has 1 aliphatic heterocycles. The summed E-state index contributed by atoms with van der Waals surface area (Å²) < 4.78 is 0. The standard InChI is InChI=1S/C13H15N3S/c1-9(13-15-5-6-17-13)16-7-10-3-2-4-12(14)11(10)8-16/h2-6,9H,7-8,14H2,1H3. The Morgan fingerprint density at radius 2 is 2.29 bits per heavy atom. The lowest BCUT2D eigenvalue weighted by Crippen LogP contribution is -2.20. The van der Waals surface area contributed by atoms with Crippen molar-refractivity contribution >= 4 is 17.0 Å². The summed E-state index contributed by atoms with van der Waals surface area (Å²) >= 11 is 1.72. The molecule has 1 atom stereocenters. The summed E-state index contributed by atoms with van der Waals surface area (Å²) in [5, 5.41) is 3.21. The molecule has 0 bridgehead atoms. The molecule has 0 radical (unpaired) electrons. The van der Waals surface area contributed by atoms with Gasteiger partial charge in [-0.05, 0) is 24.1 Å². The fourth-order valence-corrected chi connectivity index (χ4v) is 3.07. The van der Waals surface area contributed by atoms with Gasteiger partial charge in [0.05, 0.1) is 6.04 Å². The number of hydrogen-bond donors (Lipinski definition) is 1. The number of benzene rings is 1. The van der Waals surface area contributed by atoms with E-state index in [4.69, 9.17) is 5.73 Å². The quantitative estimate of drug-likeness (QED) is 0.827. The number of hydrogen-bond acceptors (Lipinski definition) is 4. The highest BCUT2D eigenvalue weighted by Crippen LogP contribution is 2.34. The van der Waals surface area contributed by atoms with Crippen LogP contribution < -0.4 is 5.73 Å². The molecule has 1 aromatic heterocycles. The van der Waals surface area contributed by atoms with Gasteiger partial charge in [0.15, 0.2) is 0 Å². The highest BCUT2D eigenvalue weighted by Gasteiger charge is 2.26. The monoisotopic (exact) mass is 245 g/mol. The number of nitrogens with two attached hydrogens (primary N) is 1. The zero-order chi connectivity index (χ0) is 11.8. The van der Waals surface area contributed by atoms with Crippen LogP contribution in [0.15, 0.2) is 29.8 Å². The number of thiazole rings is 1. The van der Waals surface area contributed by atoms with E-state index < -0.39 is 0 Å². The molecule has 88 valence electrons. The Morgan fingerprint density at radius 1 is 1.41 bits per heavy atom. The van der Waals surface area contributed by atoms with Crippen LogP contribution in [0.4, 0.5) is 5.69 Å². The van der Waals surface area contributed by atoms with Crippen molar-refractivity contribution in [3.63, 3.8) is 0 Å². The van der Waals surface area contributed by atoms with E-state index >= 15 is 0 Å². The lowest BCUT2D eigenvalue weighted by atomic mass is 10.1. The van der Waals surface area contributed by atoms with Crippen molar-refractivity contribution in [1.29, 1.82) is 0 Å². The van der Waals surface area contributed by atoms with Crippen LogP contribution in [-0.2, 0) is 13.1 Å². The first-order valence-electron chi connectivity index (χ1n) is 5.75. The van der Waals surface area contributed by atoms with E-state index in [9.17, 15) is 0 Å². The fourth-order valence-electron chi connectivity index (χ4n) is 2.34. The Bertz CT molecular complexity index is 521. The smallest absolute Gasteiger partial charge is 0.109 e. The number of nitrogens with zero attached hydrogens (tertiary/aromatic N) is 2. The second kappa shape index (κ2) is 4.13. The molecule has 0 spiro atoms. The number of aromatic nitrogens is 1. The van der Waals surface area contributed by atoms with Gasteiger partial charge in [-0.3, -0.25) is 4.90 Å². The maximum atomic E-state index is 6.01. The minimum absolute atomic E-state index is 0.363. The van der Waals surface area contributed by atoms with E-state index in [-0.39, 0.29) is 0 Å². The predicted octanol–water partition coefficient (Wildman–Crippen LogP) is 2.80. The average Bonchev–Trinajstić information content (AvgIpc) is 2.98. The summed E-state index contributed by atoms with van der Waals surface area (Å²) in [4.78, 5) is 6.81. The van der Waals surface area contributed by atoms with Gasteiger partial charge in [-0.1, -0.05) is 12.1 Å². The van der Waals surface area contributed by atoms with Crippen molar-refractivity contribution in [3.8, 4) is 0 Å². The highest BCUT2D eigenvalue weighted by atomic mass is 32.1. The maximum Gasteiger partial charge on any atom is 0.109 e. The Balaban J connectivity index is 1.85. The van der Waals surface area contributed by atoms with Crippen molar-refractivity contribution in [2.75, 3.05) is 5.73 Å². The zero-order valence-corrected chi connectivity index (χ0v) is 10.6. The fraction of sp³-hybridized carbons (Fsp3) is 0.308. The van der Waals surface area contributed by atoms with Crippen molar-refractivity contribution in [2.24, 2.45) is 0 Å². The van der Waals surface area contributed by atoms with Gasteiger partial charge in [0.2, 0.25) is 0 Å². The van der Waals surface area contributed by atoms with Crippen LogP contribution in [0.5, 0.6) is 0 Å². The third kappa shape index (κ3) is 1.83. The summed E-state index contributed by atoms with van der Waals surface area (Å²) in [5.41, 5.74) is 9.57. The number of nitrogen functional groups attached to an aromatic ring is 1. The molecule has 3 nitrogen and oxygen atoms in total. The van der Waals surface area contributed by atoms with E-state index in [1.165, 1.54) is 16.1 Å². The zero-order valence-electron chi connectivity index (χ0n) is 9.76. The molecular weight excluding hydrogens is 230 g/mol. The van der Waals surface area contributed by atoms with Gasteiger partial charge in [0.25, 0.3) is 0 Å². The summed E-state index contributed by atoms with van der Waals surface area (Å²) in [6, 6.07) is 6.55. The van der Waals surface area contributed by atoms with Gasteiger partial charge in [-0.2, -0.15) is 0 Å². The third-order valence-corrected chi connectivity index (χ3v) is 4.35. The van der Waals surface area contributed by atoms with Crippen LogP contribution in [0.1, 0.15) is 29.1 Å². The molecule has 1 unspecified atom stereocenters.